The fraction of sp³-hybridized carbons (Fsp3) is 0.167. The number of amides is 1. The SMILES string of the molecule is Cc1ccccc1CNC(=O)Cn1ncc(=O)c2ccccc21. The molecule has 0 unspecified atom stereocenters. The molecule has 0 saturated heterocycles. The van der Waals surface area contributed by atoms with Crippen LogP contribution < -0.4 is 10.7 Å². The van der Waals surface area contributed by atoms with Crippen LogP contribution in [-0.2, 0) is 17.9 Å². The number of carbonyl (C=O) groups excluding carboxylic acids is 1. The fourth-order valence-corrected chi connectivity index (χ4v) is 2.48. The topological polar surface area (TPSA) is 64.0 Å². The van der Waals surface area contributed by atoms with Gasteiger partial charge in [0.05, 0.1) is 11.7 Å². The molecule has 0 aliphatic carbocycles. The van der Waals surface area contributed by atoms with Crippen LogP contribution in [0.15, 0.2) is 59.5 Å². The fourth-order valence-electron chi connectivity index (χ4n) is 2.48. The summed E-state index contributed by atoms with van der Waals surface area (Å²) in [5.41, 5.74) is 2.74. The number of para-hydroxylation sites is 1. The molecular weight excluding hydrogens is 290 g/mol. The number of hydrogen-bond donors (Lipinski definition) is 1. The Morgan fingerprint density at radius 3 is 2.70 bits per heavy atom. The van der Waals surface area contributed by atoms with Gasteiger partial charge >= 0.3 is 0 Å². The third-order valence-electron chi connectivity index (χ3n) is 3.79. The maximum Gasteiger partial charge on any atom is 0.242 e. The summed E-state index contributed by atoms with van der Waals surface area (Å²) in [5, 5.41) is 7.52. The first kappa shape index (κ1) is 15.0. The molecule has 0 radical (unpaired) electrons. The van der Waals surface area contributed by atoms with E-state index < -0.39 is 0 Å². The Morgan fingerprint density at radius 2 is 1.87 bits per heavy atom. The Bertz CT molecular complexity index is 915. The highest BCUT2D eigenvalue weighted by atomic mass is 16.2. The van der Waals surface area contributed by atoms with E-state index >= 15 is 0 Å². The molecule has 23 heavy (non-hydrogen) atoms. The van der Waals surface area contributed by atoms with E-state index in [1.807, 2.05) is 37.3 Å². The normalized spacial score (nSPS) is 10.7. The van der Waals surface area contributed by atoms with Crippen LogP contribution in [0.25, 0.3) is 10.9 Å². The van der Waals surface area contributed by atoms with Crippen molar-refractivity contribution >= 4 is 16.8 Å². The van der Waals surface area contributed by atoms with E-state index in [0.717, 1.165) is 11.1 Å². The van der Waals surface area contributed by atoms with Crippen molar-refractivity contribution in [2.45, 2.75) is 20.0 Å². The van der Waals surface area contributed by atoms with Gasteiger partial charge in [-0.25, -0.2) is 0 Å². The van der Waals surface area contributed by atoms with Gasteiger partial charge in [-0.3, -0.25) is 14.3 Å². The Kier molecular flexibility index (Phi) is 4.19. The van der Waals surface area contributed by atoms with Crippen molar-refractivity contribution in [3.8, 4) is 0 Å². The summed E-state index contributed by atoms with van der Waals surface area (Å²) in [4.78, 5) is 24.0. The number of carbonyl (C=O) groups is 1. The van der Waals surface area contributed by atoms with E-state index in [2.05, 4.69) is 10.4 Å². The van der Waals surface area contributed by atoms with Crippen LogP contribution in [0.3, 0.4) is 0 Å². The van der Waals surface area contributed by atoms with Crippen LogP contribution in [0.4, 0.5) is 0 Å². The zero-order valence-electron chi connectivity index (χ0n) is 12.8. The van der Waals surface area contributed by atoms with E-state index in [9.17, 15) is 9.59 Å². The van der Waals surface area contributed by atoms with Gasteiger partial charge in [-0.15, -0.1) is 0 Å². The molecule has 0 aliphatic rings. The molecule has 0 bridgehead atoms. The summed E-state index contributed by atoms with van der Waals surface area (Å²) in [7, 11) is 0. The summed E-state index contributed by atoms with van der Waals surface area (Å²) in [6, 6.07) is 15.1. The van der Waals surface area contributed by atoms with Crippen molar-refractivity contribution in [3.63, 3.8) is 0 Å². The molecule has 2 aromatic carbocycles. The van der Waals surface area contributed by atoms with Gasteiger partial charge in [0, 0.05) is 11.9 Å². The van der Waals surface area contributed by atoms with E-state index in [4.69, 9.17) is 0 Å². The average molecular weight is 307 g/mol. The molecule has 5 nitrogen and oxygen atoms in total. The third kappa shape index (κ3) is 3.29. The second-order valence-electron chi connectivity index (χ2n) is 5.39. The maximum atomic E-state index is 12.2. The van der Waals surface area contributed by atoms with Crippen molar-refractivity contribution in [1.29, 1.82) is 0 Å². The summed E-state index contributed by atoms with van der Waals surface area (Å²) >= 11 is 0. The maximum absolute atomic E-state index is 12.2. The van der Waals surface area contributed by atoms with Gasteiger partial charge in [-0.1, -0.05) is 36.4 Å². The van der Waals surface area contributed by atoms with Gasteiger partial charge in [0.15, 0.2) is 0 Å². The number of nitrogens with one attached hydrogen (secondary N) is 1. The second kappa shape index (κ2) is 6.44. The molecule has 1 amide bonds. The molecule has 0 spiro atoms. The molecule has 3 rings (SSSR count). The van der Waals surface area contributed by atoms with E-state index in [1.54, 1.807) is 22.9 Å². The van der Waals surface area contributed by atoms with E-state index in [0.29, 0.717) is 17.4 Å². The number of fused-ring (bicyclic) bond motifs is 1. The summed E-state index contributed by atoms with van der Waals surface area (Å²) < 4.78 is 1.55. The number of hydrogen-bond acceptors (Lipinski definition) is 3. The predicted octanol–water partition coefficient (Wildman–Crippen LogP) is 2.02. The lowest BCUT2D eigenvalue weighted by Gasteiger charge is -2.10. The van der Waals surface area contributed by atoms with Gasteiger partial charge in [-0.05, 0) is 30.2 Å². The van der Waals surface area contributed by atoms with Crippen LogP contribution in [0.1, 0.15) is 11.1 Å². The van der Waals surface area contributed by atoms with E-state index in [-0.39, 0.29) is 17.9 Å². The van der Waals surface area contributed by atoms with Crippen molar-refractivity contribution < 1.29 is 4.79 Å². The van der Waals surface area contributed by atoms with Gasteiger partial charge in [0.2, 0.25) is 11.3 Å². The molecule has 0 fully saturated rings. The lowest BCUT2D eigenvalue weighted by atomic mass is 10.1. The third-order valence-corrected chi connectivity index (χ3v) is 3.79. The van der Waals surface area contributed by atoms with Crippen molar-refractivity contribution in [3.05, 3.63) is 76.1 Å². The number of benzene rings is 2. The van der Waals surface area contributed by atoms with Crippen LogP contribution in [0, 0.1) is 6.92 Å². The largest absolute Gasteiger partial charge is 0.350 e. The lowest BCUT2D eigenvalue weighted by Crippen LogP contribution is -2.29. The number of rotatable bonds is 4. The van der Waals surface area contributed by atoms with Crippen molar-refractivity contribution in [2.24, 2.45) is 0 Å². The summed E-state index contributed by atoms with van der Waals surface area (Å²) in [5.74, 6) is -0.144. The first-order valence-electron chi connectivity index (χ1n) is 7.41. The zero-order valence-corrected chi connectivity index (χ0v) is 12.8. The quantitative estimate of drug-likeness (QED) is 0.802. The summed E-state index contributed by atoms with van der Waals surface area (Å²) in [6.45, 7) is 2.56. The van der Waals surface area contributed by atoms with Gasteiger partial charge in [0.1, 0.15) is 6.54 Å². The zero-order chi connectivity index (χ0) is 16.2. The number of nitrogens with zero attached hydrogens (tertiary/aromatic N) is 2. The minimum atomic E-state index is -0.144. The highest BCUT2D eigenvalue weighted by molar-refractivity contribution is 5.81. The summed E-state index contributed by atoms with van der Waals surface area (Å²) in [6.07, 6.45) is 1.25. The van der Waals surface area contributed by atoms with Crippen LogP contribution in [0.2, 0.25) is 0 Å². The highest BCUT2D eigenvalue weighted by Crippen LogP contribution is 2.08. The predicted molar refractivity (Wildman–Crippen MR) is 89.0 cm³/mol. The van der Waals surface area contributed by atoms with Gasteiger partial charge in [0.25, 0.3) is 0 Å². The van der Waals surface area contributed by atoms with Crippen molar-refractivity contribution in [1.82, 2.24) is 15.1 Å². The lowest BCUT2D eigenvalue weighted by molar-refractivity contribution is -0.121. The van der Waals surface area contributed by atoms with Gasteiger partial charge in [-0.2, -0.15) is 5.10 Å². The highest BCUT2D eigenvalue weighted by Gasteiger charge is 2.08. The molecule has 0 atom stereocenters. The molecule has 116 valence electrons. The Balaban J connectivity index is 1.75. The molecule has 1 N–H and O–H groups in total. The molecule has 1 aromatic heterocycles. The average Bonchev–Trinajstić information content (AvgIpc) is 2.57. The van der Waals surface area contributed by atoms with E-state index in [1.165, 1.54) is 6.20 Å². The van der Waals surface area contributed by atoms with Crippen LogP contribution in [-0.4, -0.2) is 15.7 Å². The Labute approximate surface area is 133 Å². The number of aryl methyl sites for hydroxylation is 1. The molecule has 3 aromatic rings. The van der Waals surface area contributed by atoms with Crippen molar-refractivity contribution in [2.75, 3.05) is 0 Å². The number of aromatic nitrogens is 2. The molecular formula is C18H17N3O2. The Hall–Kier alpha value is -2.95. The minimum Gasteiger partial charge on any atom is -0.350 e. The Morgan fingerprint density at radius 1 is 1.13 bits per heavy atom. The molecule has 0 aliphatic heterocycles. The molecule has 1 heterocycles. The second-order valence-corrected chi connectivity index (χ2v) is 5.39. The first-order valence-corrected chi connectivity index (χ1v) is 7.41. The minimum absolute atomic E-state index is 0.0761. The standard InChI is InChI=1S/C18H17N3O2/c1-13-6-2-3-7-14(13)10-19-18(23)12-21-16-9-5-4-8-15(16)17(22)11-20-21/h2-9,11H,10,12H2,1H3,(H,19,23). The monoisotopic (exact) mass is 307 g/mol. The van der Waals surface area contributed by atoms with Crippen LogP contribution in [0.5, 0.6) is 0 Å². The van der Waals surface area contributed by atoms with Gasteiger partial charge < -0.3 is 5.32 Å². The molecule has 5 heteroatoms. The van der Waals surface area contributed by atoms with Crippen LogP contribution >= 0.6 is 0 Å². The molecule has 0 saturated carbocycles. The smallest absolute Gasteiger partial charge is 0.242 e. The first-order chi connectivity index (χ1) is 11.1.